The summed E-state index contributed by atoms with van der Waals surface area (Å²) in [4.78, 5) is 11.3. The van der Waals surface area contributed by atoms with Crippen molar-refractivity contribution in [2.75, 3.05) is 23.4 Å². The van der Waals surface area contributed by atoms with E-state index < -0.39 is 0 Å². The molecule has 3 aromatic heterocycles. The highest BCUT2D eigenvalue weighted by Crippen LogP contribution is 2.26. The quantitative estimate of drug-likeness (QED) is 0.558. The molecule has 0 bridgehead atoms. The molecule has 2 N–H and O–H groups in total. The number of para-hydroxylation sites is 1. The third-order valence-electron chi connectivity index (χ3n) is 5.11. The molecule has 4 heterocycles. The van der Waals surface area contributed by atoms with Crippen LogP contribution in [0.5, 0.6) is 0 Å². The van der Waals surface area contributed by atoms with Crippen LogP contribution in [0.15, 0.2) is 61.2 Å². The molecular weight excluding hydrogens is 354 g/mol. The van der Waals surface area contributed by atoms with Gasteiger partial charge in [0.2, 0.25) is 5.95 Å². The van der Waals surface area contributed by atoms with E-state index in [-0.39, 0.29) is 12.6 Å². The summed E-state index contributed by atoms with van der Waals surface area (Å²) in [7, 11) is 0. The second-order valence-corrected chi connectivity index (χ2v) is 6.90. The first-order valence-electron chi connectivity index (χ1n) is 9.41. The number of fused-ring (bicyclic) bond motifs is 1. The SMILES string of the molecule is OCC1CCCN1c1nc(Nc2cn(-c3ccccc3)cn2)c2cccn2n1. The lowest BCUT2D eigenvalue weighted by Gasteiger charge is -2.23. The zero-order valence-corrected chi connectivity index (χ0v) is 15.3. The van der Waals surface area contributed by atoms with Crippen molar-refractivity contribution in [3.05, 3.63) is 61.2 Å². The molecule has 8 heteroatoms. The molecule has 1 aromatic carbocycles. The molecule has 1 aliphatic rings. The fourth-order valence-electron chi connectivity index (χ4n) is 3.68. The number of nitrogens with one attached hydrogen (secondary N) is 1. The summed E-state index contributed by atoms with van der Waals surface area (Å²) in [6, 6.07) is 14.0. The molecule has 0 spiro atoms. The highest BCUT2D eigenvalue weighted by molar-refractivity contribution is 5.73. The summed E-state index contributed by atoms with van der Waals surface area (Å²) in [5.41, 5.74) is 1.92. The number of rotatable bonds is 5. The summed E-state index contributed by atoms with van der Waals surface area (Å²) < 4.78 is 3.77. The van der Waals surface area contributed by atoms with E-state index in [0.717, 1.165) is 30.6 Å². The van der Waals surface area contributed by atoms with E-state index in [4.69, 9.17) is 4.98 Å². The normalized spacial score (nSPS) is 16.8. The molecule has 0 radical (unpaired) electrons. The van der Waals surface area contributed by atoms with Gasteiger partial charge in [-0.25, -0.2) is 9.50 Å². The van der Waals surface area contributed by atoms with Crippen LogP contribution in [-0.2, 0) is 0 Å². The van der Waals surface area contributed by atoms with Crippen molar-refractivity contribution in [1.29, 1.82) is 0 Å². The number of aliphatic hydroxyl groups is 1. The Morgan fingerprint density at radius 3 is 2.89 bits per heavy atom. The number of benzene rings is 1. The van der Waals surface area contributed by atoms with Gasteiger partial charge >= 0.3 is 0 Å². The van der Waals surface area contributed by atoms with Gasteiger partial charge in [0.05, 0.1) is 18.8 Å². The first-order chi connectivity index (χ1) is 13.8. The predicted octanol–water partition coefficient (Wildman–Crippen LogP) is 2.62. The van der Waals surface area contributed by atoms with E-state index in [1.165, 1.54) is 0 Å². The molecule has 5 rings (SSSR count). The molecule has 8 nitrogen and oxygen atoms in total. The average Bonchev–Trinajstić information content (AvgIpc) is 3.48. The molecule has 1 atom stereocenters. The third kappa shape index (κ3) is 2.97. The Morgan fingerprint density at radius 2 is 2.04 bits per heavy atom. The smallest absolute Gasteiger partial charge is 0.245 e. The second kappa shape index (κ2) is 6.97. The van der Waals surface area contributed by atoms with E-state index in [1.807, 2.05) is 63.9 Å². The summed E-state index contributed by atoms with van der Waals surface area (Å²) in [5, 5.41) is 17.6. The number of anilines is 3. The first-order valence-corrected chi connectivity index (χ1v) is 9.41. The Kier molecular flexibility index (Phi) is 4.17. The van der Waals surface area contributed by atoms with Gasteiger partial charge in [-0.15, -0.1) is 5.10 Å². The van der Waals surface area contributed by atoms with Crippen molar-refractivity contribution in [1.82, 2.24) is 24.1 Å². The summed E-state index contributed by atoms with van der Waals surface area (Å²) in [5.74, 6) is 2.01. The molecule has 1 aliphatic heterocycles. The third-order valence-corrected chi connectivity index (χ3v) is 5.11. The number of hydrogen-bond acceptors (Lipinski definition) is 6. The standard InChI is InChI=1S/C20H21N7O/c28-13-16-8-4-10-26(16)20-23-19(17-9-5-11-27(17)24-20)22-18-12-25(14-21-18)15-6-2-1-3-7-15/h1-3,5-7,9,11-12,14,16,28H,4,8,10,13H2,(H,22,23,24). The summed E-state index contributed by atoms with van der Waals surface area (Å²) >= 11 is 0. The van der Waals surface area contributed by atoms with Gasteiger partial charge < -0.3 is 19.9 Å². The number of imidazole rings is 1. The monoisotopic (exact) mass is 375 g/mol. The van der Waals surface area contributed by atoms with E-state index in [0.29, 0.717) is 17.6 Å². The van der Waals surface area contributed by atoms with Gasteiger partial charge in [0.1, 0.15) is 17.7 Å². The minimum Gasteiger partial charge on any atom is -0.394 e. The summed E-state index contributed by atoms with van der Waals surface area (Å²) in [6.45, 7) is 0.956. The van der Waals surface area contributed by atoms with Crippen molar-refractivity contribution < 1.29 is 5.11 Å². The zero-order valence-electron chi connectivity index (χ0n) is 15.3. The van der Waals surface area contributed by atoms with Crippen molar-refractivity contribution in [3.63, 3.8) is 0 Å². The van der Waals surface area contributed by atoms with Gasteiger partial charge in [-0.1, -0.05) is 18.2 Å². The van der Waals surface area contributed by atoms with E-state index in [1.54, 1.807) is 6.33 Å². The van der Waals surface area contributed by atoms with Crippen LogP contribution in [-0.4, -0.2) is 48.4 Å². The van der Waals surface area contributed by atoms with Crippen LogP contribution in [0.2, 0.25) is 0 Å². The molecule has 28 heavy (non-hydrogen) atoms. The lowest BCUT2D eigenvalue weighted by Crippen LogP contribution is -2.34. The zero-order chi connectivity index (χ0) is 18.9. The fourth-order valence-corrected chi connectivity index (χ4v) is 3.68. The molecule has 4 aromatic rings. The second-order valence-electron chi connectivity index (χ2n) is 6.90. The Hall–Kier alpha value is -3.39. The molecule has 1 saturated heterocycles. The van der Waals surface area contributed by atoms with Crippen molar-refractivity contribution >= 4 is 23.1 Å². The van der Waals surface area contributed by atoms with Crippen LogP contribution in [0.4, 0.5) is 17.6 Å². The lowest BCUT2D eigenvalue weighted by atomic mass is 10.2. The Bertz CT molecular complexity index is 1090. The largest absolute Gasteiger partial charge is 0.394 e. The Labute approximate surface area is 162 Å². The van der Waals surface area contributed by atoms with E-state index in [2.05, 4.69) is 20.3 Å². The molecule has 0 aliphatic carbocycles. The van der Waals surface area contributed by atoms with Crippen LogP contribution in [0.3, 0.4) is 0 Å². The highest BCUT2D eigenvalue weighted by atomic mass is 16.3. The van der Waals surface area contributed by atoms with E-state index in [9.17, 15) is 5.11 Å². The molecule has 0 amide bonds. The van der Waals surface area contributed by atoms with Gasteiger partial charge in [0.25, 0.3) is 0 Å². The molecular formula is C20H21N7O. The topological polar surface area (TPSA) is 83.5 Å². The Morgan fingerprint density at radius 1 is 1.14 bits per heavy atom. The van der Waals surface area contributed by atoms with Crippen molar-refractivity contribution in [2.45, 2.75) is 18.9 Å². The maximum atomic E-state index is 9.65. The molecule has 1 fully saturated rings. The van der Waals surface area contributed by atoms with Gasteiger partial charge in [-0.2, -0.15) is 4.98 Å². The first kappa shape index (κ1) is 16.8. The van der Waals surface area contributed by atoms with E-state index >= 15 is 0 Å². The molecule has 0 saturated carbocycles. The van der Waals surface area contributed by atoms with Gasteiger partial charge in [-0.3, -0.25) is 0 Å². The molecule has 1 unspecified atom stereocenters. The average molecular weight is 375 g/mol. The van der Waals surface area contributed by atoms with Gasteiger partial charge in [-0.05, 0) is 37.1 Å². The lowest BCUT2D eigenvalue weighted by molar-refractivity contribution is 0.265. The minimum absolute atomic E-state index is 0.0677. The van der Waals surface area contributed by atoms with Crippen molar-refractivity contribution in [2.24, 2.45) is 0 Å². The highest BCUT2D eigenvalue weighted by Gasteiger charge is 2.27. The van der Waals surface area contributed by atoms with Gasteiger partial charge in [0.15, 0.2) is 5.82 Å². The van der Waals surface area contributed by atoms with Crippen LogP contribution in [0.25, 0.3) is 11.2 Å². The molecule has 142 valence electrons. The number of aromatic nitrogens is 5. The summed E-state index contributed by atoms with van der Waals surface area (Å²) in [6.07, 6.45) is 7.59. The van der Waals surface area contributed by atoms with Crippen molar-refractivity contribution in [3.8, 4) is 5.69 Å². The van der Waals surface area contributed by atoms with Crippen LogP contribution in [0, 0.1) is 0 Å². The van der Waals surface area contributed by atoms with Crippen LogP contribution in [0.1, 0.15) is 12.8 Å². The maximum Gasteiger partial charge on any atom is 0.245 e. The van der Waals surface area contributed by atoms with Crippen LogP contribution < -0.4 is 10.2 Å². The minimum atomic E-state index is 0.0677. The van der Waals surface area contributed by atoms with Crippen LogP contribution >= 0.6 is 0 Å². The number of nitrogens with zero attached hydrogens (tertiary/aromatic N) is 6. The maximum absolute atomic E-state index is 9.65. The fraction of sp³-hybridized carbons (Fsp3) is 0.250. The number of aliphatic hydroxyl groups excluding tert-OH is 1. The number of hydrogen-bond donors (Lipinski definition) is 2. The van der Waals surface area contributed by atoms with Gasteiger partial charge in [0, 0.05) is 18.4 Å². The predicted molar refractivity (Wildman–Crippen MR) is 107 cm³/mol. The Balaban J connectivity index is 1.49.